The lowest BCUT2D eigenvalue weighted by Gasteiger charge is -2.18. The zero-order chi connectivity index (χ0) is 25.7. The summed E-state index contributed by atoms with van der Waals surface area (Å²) in [6.07, 6.45) is 0.851. The van der Waals surface area contributed by atoms with Gasteiger partial charge in [-0.15, -0.1) is 0 Å². The van der Waals surface area contributed by atoms with Crippen LogP contribution in [0, 0.1) is 13.8 Å². The van der Waals surface area contributed by atoms with E-state index in [4.69, 9.17) is 0 Å². The fourth-order valence-corrected chi connectivity index (χ4v) is 5.77. The zero-order valence-electron chi connectivity index (χ0n) is 20.5. The molecule has 0 aromatic heterocycles. The van der Waals surface area contributed by atoms with Crippen molar-refractivity contribution < 1.29 is 18.0 Å². The minimum atomic E-state index is -3.74. The first-order valence-corrected chi connectivity index (χ1v) is 13.5. The van der Waals surface area contributed by atoms with Crippen LogP contribution in [0.15, 0.2) is 82.6 Å². The lowest BCUT2D eigenvalue weighted by molar-refractivity contribution is -0.120. The average molecular weight is 506 g/mol. The standard InChI is InChI=1S/C28H31N3O4S/c1-20-11-12-23(21(2)15-20)18-31-14-13-24(19-31)30-27(32)17-29-28(33)22-7-6-10-26(16-22)36(34,35)25-8-4-3-5-9-25/h3-12,15-16,24H,13-14,17-19H2,1-2H3,(H,29,33)(H,30,32)/t24-/m1/s1. The summed E-state index contributed by atoms with van der Waals surface area (Å²) >= 11 is 0. The smallest absolute Gasteiger partial charge is 0.251 e. The Morgan fingerprint density at radius 1 is 0.944 bits per heavy atom. The van der Waals surface area contributed by atoms with E-state index in [2.05, 4.69) is 47.6 Å². The number of amides is 2. The minimum absolute atomic E-state index is 0.0273. The van der Waals surface area contributed by atoms with E-state index in [1.807, 2.05) is 0 Å². The molecule has 1 aliphatic heterocycles. The highest BCUT2D eigenvalue weighted by molar-refractivity contribution is 7.91. The van der Waals surface area contributed by atoms with Crippen molar-refractivity contribution in [2.24, 2.45) is 0 Å². The van der Waals surface area contributed by atoms with Gasteiger partial charge in [-0.2, -0.15) is 0 Å². The van der Waals surface area contributed by atoms with Crippen LogP contribution in [-0.4, -0.2) is 50.8 Å². The highest BCUT2D eigenvalue weighted by Gasteiger charge is 2.24. The van der Waals surface area contributed by atoms with Gasteiger partial charge in [0, 0.05) is 31.2 Å². The number of carbonyl (C=O) groups is 2. The Morgan fingerprint density at radius 2 is 1.69 bits per heavy atom. The Labute approximate surface area is 212 Å². The molecule has 4 rings (SSSR count). The molecule has 8 heteroatoms. The third-order valence-corrected chi connectivity index (χ3v) is 8.17. The molecule has 0 spiro atoms. The molecule has 1 aliphatic rings. The monoisotopic (exact) mass is 505 g/mol. The molecule has 3 aromatic carbocycles. The predicted molar refractivity (Wildman–Crippen MR) is 138 cm³/mol. The van der Waals surface area contributed by atoms with Crippen molar-refractivity contribution in [3.63, 3.8) is 0 Å². The molecule has 36 heavy (non-hydrogen) atoms. The van der Waals surface area contributed by atoms with Gasteiger partial charge >= 0.3 is 0 Å². The van der Waals surface area contributed by atoms with Gasteiger partial charge in [0.05, 0.1) is 16.3 Å². The molecule has 0 bridgehead atoms. The van der Waals surface area contributed by atoms with Crippen molar-refractivity contribution in [3.8, 4) is 0 Å². The van der Waals surface area contributed by atoms with Crippen molar-refractivity contribution in [1.82, 2.24) is 15.5 Å². The van der Waals surface area contributed by atoms with Crippen LogP contribution in [0.5, 0.6) is 0 Å². The molecule has 1 saturated heterocycles. The fraction of sp³-hybridized carbons (Fsp3) is 0.286. The van der Waals surface area contributed by atoms with E-state index >= 15 is 0 Å². The summed E-state index contributed by atoms with van der Waals surface area (Å²) in [6.45, 7) is 6.52. The minimum Gasteiger partial charge on any atom is -0.350 e. The van der Waals surface area contributed by atoms with Crippen LogP contribution >= 0.6 is 0 Å². The maximum Gasteiger partial charge on any atom is 0.251 e. The van der Waals surface area contributed by atoms with E-state index in [1.54, 1.807) is 18.2 Å². The number of nitrogens with zero attached hydrogens (tertiary/aromatic N) is 1. The van der Waals surface area contributed by atoms with E-state index in [1.165, 1.54) is 53.1 Å². The van der Waals surface area contributed by atoms with Crippen molar-refractivity contribution >= 4 is 21.7 Å². The highest BCUT2D eigenvalue weighted by Crippen LogP contribution is 2.21. The molecule has 0 radical (unpaired) electrons. The molecule has 1 atom stereocenters. The third-order valence-electron chi connectivity index (χ3n) is 6.40. The summed E-state index contributed by atoms with van der Waals surface area (Å²) in [6, 6.07) is 20.4. The highest BCUT2D eigenvalue weighted by atomic mass is 32.2. The Hall–Kier alpha value is -3.49. The molecule has 0 saturated carbocycles. The molecule has 1 heterocycles. The number of sulfone groups is 1. The number of aryl methyl sites for hydroxylation is 2. The maximum atomic E-state index is 12.8. The van der Waals surface area contributed by atoms with Crippen LogP contribution in [0.4, 0.5) is 0 Å². The quantitative estimate of drug-likeness (QED) is 0.490. The van der Waals surface area contributed by atoms with Crippen LogP contribution in [-0.2, 0) is 21.2 Å². The van der Waals surface area contributed by atoms with Gasteiger partial charge in [-0.1, -0.05) is 48.0 Å². The van der Waals surface area contributed by atoms with E-state index < -0.39 is 15.7 Å². The number of hydrogen-bond donors (Lipinski definition) is 2. The normalized spacial score (nSPS) is 16.0. The Morgan fingerprint density at radius 3 is 2.44 bits per heavy atom. The molecular weight excluding hydrogens is 474 g/mol. The molecule has 1 fully saturated rings. The van der Waals surface area contributed by atoms with Gasteiger partial charge in [0.15, 0.2) is 0 Å². The van der Waals surface area contributed by atoms with Gasteiger partial charge in [0.1, 0.15) is 0 Å². The van der Waals surface area contributed by atoms with Crippen LogP contribution in [0.1, 0.15) is 33.5 Å². The van der Waals surface area contributed by atoms with Crippen molar-refractivity contribution in [3.05, 3.63) is 95.1 Å². The number of rotatable bonds is 8. The van der Waals surface area contributed by atoms with E-state index in [0.717, 1.165) is 26.1 Å². The topological polar surface area (TPSA) is 95.6 Å². The van der Waals surface area contributed by atoms with Crippen LogP contribution in [0.25, 0.3) is 0 Å². The second-order valence-corrected chi connectivity index (χ2v) is 11.2. The van der Waals surface area contributed by atoms with Crippen LogP contribution < -0.4 is 10.6 Å². The number of likely N-dealkylation sites (tertiary alicyclic amines) is 1. The van der Waals surface area contributed by atoms with Crippen molar-refractivity contribution in [1.29, 1.82) is 0 Å². The molecule has 7 nitrogen and oxygen atoms in total. The van der Waals surface area contributed by atoms with Gasteiger partial charge in [-0.25, -0.2) is 8.42 Å². The second kappa shape index (κ2) is 11.1. The van der Waals surface area contributed by atoms with Crippen molar-refractivity contribution in [2.75, 3.05) is 19.6 Å². The van der Waals surface area contributed by atoms with Crippen LogP contribution in [0.3, 0.4) is 0 Å². The number of hydrogen-bond acceptors (Lipinski definition) is 5. The SMILES string of the molecule is Cc1ccc(CN2CC[C@@H](NC(=O)CNC(=O)c3cccc(S(=O)(=O)c4ccccc4)c3)C2)c(C)c1. The lowest BCUT2D eigenvalue weighted by Crippen LogP contribution is -2.43. The van der Waals surface area contributed by atoms with E-state index in [9.17, 15) is 18.0 Å². The van der Waals surface area contributed by atoms with E-state index in [-0.39, 0.29) is 33.8 Å². The van der Waals surface area contributed by atoms with Gasteiger partial charge in [-0.05, 0) is 61.7 Å². The third kappa shape index (κ3) is 6.19. The summed E-state index contributed by atoms with van der Waals surface area (Å²) in [5, 5.41) is 5.59. The zero-order valence-corrected chi connectivity index (χ0v) is 21.3. The summed E-state index contributed by atoms with van der Waals surface area (Å²) < 4.78 is 25.7. The van der Waals surface area contributed by atoms with Crippen molar-refractivity contribution in [2.45, 2.75) is 42.6 Å². The lowest BCUT2D eigenvalue weighted by atomic mass is 10.1. The Balaban J connectivity index is 1.28. The number of benzene rings is 3. The first-order chi connectivity index (χ1) is 17.2. The van der Waals surface area contributed by atoms with Gasteiger partial charge in [-0.3, -0.25) is 14.5 Å². The van der Waals surface area contributed by atoms with Gasteiger partial charge < -0.3 is 10.6 Å². The van der Waals surface area contributed by atoms with Gasteiger partial charge in [0.2, 0.25) is 15.7 Å². The van der Waals surface area contributed by atoms with E-state index in [0.29, 0.717) is 0 Å². The summed E-state index contributed by atoms with van der Waals surface area (Å²) in [5.41, 5.74) is 3.98. The first kappa shape index (κ1) is 25.6. The van der Waals surface area contributed by atoms with Crippen LogP contribution in [0.2, 0.25) is 0 Å². The average Bonchev–Trinajstić information content (AvgIpc) is 3.31. The molecule has 2 amide bonds. The maximum absolute atomic E-state index is 12.8. The molecule has 3 aromatic rings. The summed E-state index contributed by atoms with van der Waals surface area (Å²) in [5.74, 6) is -0.770. The Kier molecular flexibility index (Phi) is 7.86. The molecule has 188 valence electrons. The predicted octanol–water partition coefficient (Wildman–Crippen LogP) is 3.26. The Bertz CT molecular complexity index is 1360. The fourth-order valence-electron chi connectivity index (χ4n) is 4.44. The second-order valence-electron chi connectivity index (χ2n) is 9.25. The summed E-state index contributed by atoms with van der Waals surface area (Å²) in [7, 11) is -3.74. The molecule has 0 aliphatic carbocycles. The molecule has 0 unspecified atom stereocenters. The molecule has 2 N–H and O–H groups in total. The molecular formula is C28H31N3O4S. The number of nitrogens with one attached hydrogen (secondary N) is 2. The summed E-state index contributed by atoms with van der Waals surface area (Å²) in [4.78, 5) is 27.6. The van der Waals surface area contributed by atoms with Gasteiger partial charge in [0.25, 0.3) is 5.91 Å². The largest absolute Gasteiger partial charge is 0.350 e. The number of carbonyl (C=O) groups excluding carboxylic acids is 2. The first-order valence-electron chi connectivity index (χ1n) is 12.0.